The van der Waals surface area contributed by atoms with Gasteiger partial charge < -0.3 is 5.32 Å². The van der Waals surface area contributed by atoms with E-state index in [4.69, 9.17) is 0 Å². The minimum atomic E-state index is -0.384. The molecule has 0 fully saturated rings. The van der Waals surface area contributed by atoms with Gasteiger partial charge in [-0.1, -0.05) is 22.0 Å². The molecular weight excluding hydrogens is 320 g/mol. The number of halogens is 1. The first-order valence-corrected chi connectivity index (χ1v) is 6.99. The average molecular weight is 335 g/mol. The van der Waals surface area contributed by atoms with E-state index in [1.807, 2.05) is 19.9 Å². The van der Waals surface area contributed by atoms with Crippen molar-refractivity contribution in [2.24, 2.45) is 0 Å². The van der Waals surface area contributed by atoms with Crippen LogP contribution in [-0.2, 0) is 6.54 Å². The topological polar surface area (TPSA) is 55.2 Å². The lowest BCUT2D eigenvalue weighted by Gasteiger charge is -2.09. The van der Waals surface area contributed by atoms with E-state index in [2.05, 4.69) is 39.4 Å². The summed E-state index contributed by atoms with van der Waals surface area (Å²) < 4.78 is 0.712. The van der Waals surface area contributed by atoms with E-state index in [0.29, 0.717) is 11.0 Å². The van der Waals surface area contributed by atoms with Crippen LogP contribution in [0.15, 0.2) is 40.9 Å². The summed E-state index contributed by atoms with van der Waals surface area (Å²) in [5.41, 5.74) is 4.35. The molecule has 0 saturated carbocycles. The van der Waals surface area contributed by atoms with Gasteiger partial charge in [-0.15, -0.1) is 0 Å². The third-order valence-corrected chi connectivity index (χ3v) is 3.33. The summed E-state index contributed by atoms with van der Waals surface area (Å²) >= 11 is 3.30. The van der Waals surface area contributed by atoms with Crippen molar-refractivity contribution in [3.05, 3.63) is 67.7 Å². The first-order valence-electron chi connectivity index (χ1n) is 6.20. The molecule has 1 N–H and O–H groups in total. The van der Waals surface area contributed by atoms with Crippen LogP contribution < -0.4 is 5.32 Å². The fraction of sp³-hybridized carbons (Fsp3) is 0.200. The molecule has 2 rings (SSSR count). The molecule has 5 heteroatoms. The maximum atomic E-state index is 10.8. The first kappa shape index (κ1) is 14.5. The van der Waals surface area contributed by atoms with Crippen molar-refractivity contribution < 1.29 is 4.92 Å². The Morgan fingerprint density at radius 3 is 2.35 bits per heavy atom. The van der Waals surface area contributed by atoms with Crippen LogP contribution in [0, 0.1) is 24.0 Å². The van der Waals surface area contributed by atoms with Crippen molar-refractivity contribution in [2.45, 2.75) is 20.4 Å². The second-order valence-electron chi connectivity index (χ2n) is 4.80. The normalized spacial score (nSPS) is 10.3. The number of hydrogen-bond acceptors (Lipinski definition) is 3. The van der Waals surface area contributed by atoms with Gasteiger partial charge in [-0.2, -0.15) is 0 Å². The highest BCUT2D eigenvalue weighted by molar-refractivity contribution is 9.10. The molecule has 0 radical (unpaired) electrons. The molecule has 0 heterocycles. The van der Waals surface area contributed by atoms with Crippen LogP contribution in [0.2, 0.25) is 0 Å². The number of non-ortho nitro benzene ring substituents is 1. The van der Waals surface area contributed by atoms with Crippen LogP contribution in [0.1, 0.15) is 16.7 Å². The number of nitro benzene ring substituents is 1. The molecular formula is C15H15BrN2O2. The molecule has 0 aliphatic heterocycles. The highest BCUT2D eigenvalue weighted by atomic mass is 79.9. The van der Waals surface area contributed by atoms with Crippen molar-refractivity contribution in [1.29, 1.82) is 0 Å². The summed E-state index contributed by atoms with van der Waals surface area (Å²) in [4.78, 5) is 10.4. The lowest BCUT2D eigenvalue weighted by Crippen LogP contribution is -2.01. The van der Waals surface area contributed by atoms with Crippen LogP contribution in [0.4, 0.5) is 11.4 Å². The zero-order chi connectivity index (χ0) is 14.7. The molecule has 0 aliphatic carbocycles. The Bertz CT molecular complexity index is 636. The summed E-state index contributed by atoms with van der Waals surface area (Å²) in [6, 6.07) is 11.2. The summed E-state index contributed by atoms with van der Waals surface area (Å²) in [5.74, 6) is 0. The van der Waals surface area contributed by atoms with Gasteiger partial charge in [0.25, 0.3) is 5.69 Å². The van der Waals surface area contributed by atoms with E-state index in [1.165, 1.54) is 17.2 Å². The third kappa shape index (κ3) is 3.81. The molecule has 0 spiro atoms. The fourth-order valence-corrected chi connectivity index (χ4v) is 2.65. The highest BCUT2D eigenvalue weighted by Gasteiger charge is 2.08. The van der Waals surface area contributed by atoms with Gasteiger partial charge in [-0.3, -0.25) is 10.1 Å². The standard InChI is InChI=1S/C15H15BrN2O2/c1-10-3-11(2)5-14(4-10)17-9-12-6-13(16)8-15(7-12)18(19)20/h3-8,17H,9H2,1-2H3. The number of anilines is 1. The maximum absolute atomic E-state index is 10.8. The van der Waals surface area contributed by atoms with Gasteiger partial charge in [-0.05, 0) is 48.7 Å². The lowest BCUT2D eigenvalue weighted by atomic mass is 10.1. The molecule has 0 amide bonds. The van der Waals surface area contributed by atoms with Crippen molar-refractivity contribution >= 4 is 27.3 Å². The summed E-state index contributed by atoms with van der Waals surface area (Å²) in [7, 11) is 0. The van der Waals surface area contributed by atoms with E-state index in [9.17, 15) is 10.1 Å². The predicted molar refractivity (Wildman–Crippen MR) is 84.0 cm³/mol. The molecule has 2 aromatic carbocycles. The number of nitrogens with zero attached hydrogens (tertiary/aromatic N) is 1. The van der Waals surface area contributed by atoms with Crippen LogP contribution >= 0.6 is 15.9 Å². The van der Waals surface area contributed by atoms with E-state index in [-0.39, 0.29) is 10.6 Å². The Labute approximate surface area is 126 Å². The van der Waals surface area contributed by atoms with E-state index >= 15 is 0 Å². The summed E-state index contributed by atoms with van der Waals surface area (Å²) in [5, 5.41) is 14.1. The molecule has 0 unspecified atom stereocenters. The van der Waals surface area contributed by atoms with Gasteiger partial charge in [0.15, 0.2) is 0 Å². The second kappa shape index (κ2) is 6.05. The molecule has 0 atom stereocenters. The van der Waals surface area contributed by atoms with E-state index < -0.39 is 0 Å². The minimum Gasteiger partial charge on any atom is -0.381 e. The van der Waals surface area contributed by atoms with Crippen LogP contribution in [0.25, 0.3) is 0 Å². The maximum Gasteiger partial charge on any atom is 0.270 e. The Morgan fingerprint density at radius 2 is 1.75 bits per heavy atom. The third-order valence-electron chi connectivity index (χ3n) is 2.87. The second-order valence-corrected chi connectivity index (χ2v) is 5.72. The molecule has 2 aromatic rings. The number of nitrogens with one attached hydrogen (secondary N) is 1. The monoisotopic (exact) mass is 334 g/mol. The van der Waals surface area contributed by atoms with Crippen molar-refractivity contribution in [2.75, 3.05) is 5.32 Å². The summed E-state index contributed by atoms with van der Waals surface area (Å²) in [6.07, 6.45) is 0. The number of benzene rings is 2. The predicted octanol–water partition coefficient (Wildman–Crippen LogP) is 4.59. The van der Waals surface area contributed by atoms with Gasteiger partial charge in [0, 0.05) is 28.8 Å². The van der Waals surface area contributed by atoms with Crippen LogP contribution in [-0.4, -0.2) is 4.92 Å². The lowest BCUT2D eigenvalue weighted by molar-refractivity contribution is -0.385. The van der Waals surface area contributed by atoms with E-state index in [1.54, 1.807) is 6.07 Å². The number of hydrogen-bond donors (Lipinski definition) is 1. The van der Waals surface area contributed by atoms with Gasteiger partial charge >= 0.3 is 0 Å². The molecule has 0 saturated heterocycles. The minimum absolute atomic E-state index is 0.0941. The van der Waals surface area contributed by atoms with Crippen LogP contribution in [0.5, 0.6) is 0 Å². The molecule has 104 valence electrons. The fourth-order valence-electron chi connectivity index (χ4n) is 2.12. The molecule has 0 aliphatic rings. The first-order chi connectivity index (χ1) is 9.44. The van der Waals surface area contributed by atoms with Crippen molar-refractivity contribution in [3.63, 3.8) is 0 Å². The van der Waals surface area contributed by atoms with Gasteiger partial charge in [0.2, 0.25) is 0 Å². The Hall–Kier alpha value is -1.88. The Balaban J connectivity index is 2.16. The summed E-state index contributed by atoms with van der Waals surface area (Å²) in [6.45, 7) is 4.63. The molecule has 4 nitrogen and oxygen atoms in total. The smallest absolute Gasteiger partial charge is 0.270 e. The SMILES string of the molecule is Cc1cc(C)cc(NCc2cc(Br)cc([N+](=O)[O-])c2)c1. The average Bonchev–Trinajstić information content (AvgIpc) is 2.34. The number of rotatable bonds is 4. The zero-order valence-electron chi connectivity index (χ0n) is 11.3. The Morgan fingerprint density at radius 1 is 1.10 bits per heavy atom. The number of aryl methyl sites for hydroxylation is 2. The van der Waals surface area contributed by atoms with Gasteiger partial charge in [-0.25, -0.2) is 0 Å². The molecule has 0 aromatic heterocycles. The van der Waals surface area contributed by atoms with E-state index in [0.717, 1.165) is 11.3 Å². The van der Waals surface area contributed by atoms with Crippen molar-refractivity contribution in [1.82, 2.24) is 0 Å². The largest absolute Gasteiger partial charge is 0.381 e. The Kier molecular flexibility index (Phi) is 4.39. The quantitative estimate of drug-likeness (QED) is 0.657. The zero-order valence-corrected chi connectivity index (χ0v) is 12.9. The highest BCUT2D eigenvalue weighted by Crippen LogP contribution is 2.22. The van der Waals surface area contributed by atoms with Crippen molar-refractivity contribution in [3.8, 4) is 0 Å². The van der Waals surface area contributed by atoms with Gasteiger partial charge in [0.05, 0.1) is 4.92 Å². The number of nitro groups is 1. The molecule has 0 bridgehead atoms. The van der Waals surface area contributed by atoms with Gasteiger partial charge in [0.1, 0.15) is 0 Å². The van der Waals surface area contributed by atoms with Crippen LogP contribution in [0.3, 0.4) is 0 Å². The molecule has 20 heavy (non-hydrogen) atoms.